The SMILES string of the molecule is CC(C)C1Cc2c(sc3nc(SCC(=O)c4ccc(Br)cc4)n(-c4ccccc4)c(=O)c23)CO1. The number of benzene rings is 2. The molecule has 2 aromatic carbocycles. The number of halogens is 1. The lowest BCUT2D eigenvalue weighted by Crippen LogP contribution is -2.28. The number of thioether (sulfide) groups is 1. The van der Waals surface area contributed by atoms with Crippen LogP contribution in [0.15, 0.2) is 69.0 Å². The maximum absolute atomic E-state index is 13.9. The average molecular weight is 556 g/mol. The first-order chi connectivity index (χ1) is 16.4. The third-order valence-electron chi connectivity index (χ3n) is 5.97. The molecule has 5 rings (SSSR count). The number of nitrogens with zero attached hydrogens (tertiary/aromatic N) is 2. The lowest BCUT2D eigenvalue weighted by Gasteiger charge is -2.26. The number of ether oxygens (including phenoxy) is 1. The van der Waals surface area contributed by atoms with Crippen LogP contribution in [0, 0.1) is 5.92 Å². The van der Waals surface area contributed by atoms with E-state index >= 15 is 0 Å². The molecule has 174 valence electrons. The van der Waals surface area contributed by atoms with Gasteiger partial charge in [-0.15, -0.1) is 11.3 Å². The second-order valence-electron chi connectivity index (χ2n) is 8.57. The van der Waals surface area contributed by atoms with E-state index in [4.69, 9.17) is 9.72 Å². The summed E-state index contributed by atoms with van der Waals surface area (Å²) in [6.07, 6.45) is 0.806. The number of hydrogen-bond acceptors (Lipinski definition) is 6. The van der Waals surface area contributed by atoms with E-state index in [2.05, 4.69) is 29.8 Å². The number of hydrogen-bond donors (Lipinski definition) is 0. The molecule has 2 aromatic heterocycles. The number of para-hydroxylation sites is 1. The van der Waals surface area contributed by atoms with E-state index in [1.807, 2.05) is 42.5 Å². The number of fused-ring (bicyclic) bond motifs is 3. The first-order valence-corrected chi connectivity index (χ1v) is 13.7. The molecule has 0 amide bonds. The minimum atomic E-state index is -0.0864. The highest BCUT2D eigenvalue weighted by molar-refractivity contribution is 9.10. The second-order valence-corrected chi connectivity index (χ2v) is 11.5. The Morgan fingerprint density at radius 1 is 1.21 bits per heavy atom. The summed E-state index contributed by atoms with van der Waals surface area (Å²) in [7, 11) is 0. The monoisotopic (exact) mass is 554 g/mol. The van der Waals surface area contributed by atoms with Crippen LogP contribution in [0.2, 0.25) is 0 Å². The Bertz CT molecular complexity index is 1410. The average Bonchev–Trinajstić information content (AvgIpc) is 3.21. The Kier molecular flexibility index (Phi) is 6.75. The topological polar surface area (TPSA) is 61.2 Å². The Balaban J connectivity index is 1.58. The molecule has 0 fully saturated rings. The van der Waals surface area contributed by atoms with Gasteiger partial charge in [-0.1, -0.05) is 71.9 Å². The van der Waals surface area contributed by atoms with Gasteiger partial charge in [0.25, 0.3) is 5.56 Å². The predicted octanol–water partition coefficient (Wildman–Crippen LogP) is 6.28. The van der Waals surface area contributed by atoms with Crippen molar-refractivity contribution in [2.45, 2.75) is 38.1 Å². The summed E-state index contributed by atoms with van der Waals surface area (Å²) < 4.78 is 8.61. The van der Waals surface area contributed by atoms with Crippen LogP contribution < -0.4 is 5.56 Å². The minimum absolute atomic E-state index is 0.00916. The lowest BCUT2D eigenvalue weighted by molar-refractivity contribution is 0.00200. The molecule has 0 aliphatic carbocycles. The smallest absolute Gasteiger partial charge is 0.267 e. The summed E-state index contributed by atoms with van der Waals surface area (Å²) in [5, 5.41) is 1.20. The molecule has 3 heterocycles. The third kappa shape index (κ3) is 4.52. The van der Waals surface area contributed by atoms with Crippen molar-refractivity contribution in [3.63, 3.8) is 0 Å². The van der Waals surface area contributed by atoms with E-state index in [0.717, 1.165) is 20.6 Å². The van der Waals surface area contributed by atoms with Gasteiger partial charge < -0.3 is 4.74 Å². The number of ketones is 1. The summed E-state index contributed by atoms with van der Waals surface area (Å²) in [5.74, 6) is 0.549. The van der Waals surface area contributed by atoms with E-state index in [-0.39, 0.29) is 23.2 Å². The molecule has 0 N–H and O–H groups in total. The van der Waals surface area contributed by atoms with Crippen LogP contribution >= 0.6 is 39.0 Å². The van der Waals surface area contributed by atoms with Crippen molar-refractivity contribution >= 4 is 55.0 Å². The zero-order valence-corrected chi connectivity index (χ0v) is 22.0. The van der Waals surface area contributed by atoms with Crippen LogP contribution in [0.25, 0.3) is 15.9 Å². The molecule has 0 saturated heterocycles. The molecule has 0 radical (unpaired) electrons. The highest BCUT2D eigenvalue weighted by Gasteiger charge is 2.29. The van der Waals surface area contributed by atoms with Crippen LogP contribution in [0.5, 0.6) is 0 Å². The molecule has 1 aliphatic rings. The van der Waals surface area contributed by atoms with E-state index in [1.165, 1.54) is 23.1 Å². The van der Waals surface area contributed by atoms with E-state index in [9.17, 15) is 9.59 Å². The summed E-state index contributed by atoms with van der Waals surface area (Å²) in [4.78, 5) is 33.4. The first kappa shape index (κ1) is 23.5. The van der Waals surface area contributed by atoms with E-state index < -0.39 is 0 Å². The number of Topliss-reactive ketones (excluding diaryl/α,β-unsaturated/α-hetero) is 1. The third-order valence-corrected chi connectivity index (χ3v) is 8.53. The fourth-order valence-electron chi connectivity index (χ4n) is 4.09. The largest absolute Gasteiger partial charge is 0.372 e. The zero-order valence-electron chi connectivity index (χ0n) is 18.8. The van der Waals surface area contributed by atoms with Gasteiger partial charge in [0.2, 0.25) is 0 Å². The van der Waals surface area contributed by atoms with Crippen LogP contribution in [0.4, 0.5) is 0 Å². The maximum atomic E-state index is 13.9. The standard InChI is InChI=1S/C26H23BrN2O3S2/c1-15(2)21-12-19-22(13-32-21)34-24-23(19)25(31)29(18-6-4-3-5-7-18)26(28-24)33-14-20(30)16-8-10-17(27)11-9-16/h3-11,15,21H,12-14H2,1-2H3. The first-order valence-electron chi connectivity index (χ1n) is 11.1. The molecular weight excluding hydrogens is 532 g/mol. The molecular formula is C26H23BrN2O3S2. The molecule has 1 atom stereocenters. The highest BCUT2D eigenvalue weighted by Crippen LogP contribution is 2.36. The van der Waals surface area contributed by atoms with Crippen molar-refractivity contribution < 1.29 is 9.53 Å². The molecule has 5 nitrogen and oxygen atoms in total. The Labute approximate surface area is 214 Å². The summed E-state index contributed by atoms with van der Waals surface area (Å²) >= 11 is 6.22. The van der Waals surface area contributed by atoms with Gasteiger partial charge in [-0.05, 0) is 35.7 Å². The fraction of sp³-hybridized carbons (Fsp3) is 0.269. The van der Waals surface area contributed by atoms with Gasteiger partial charge in [0.15, 0.2) is 10.9 Å². The predicted molar refractivity (Wildman–Crippen MR) is 142 cm³/mol. The molecule has 1 aliphatic heterocycles. The van der Waals surface area contributed by atoms with E-state index in [1.54, 1.807) is 16.7 Å². The Morgan fingerprint density at radius 2 is 1.94 bits per heavy atom. The minimum Gasteiger partial charge on any atom is -0.372 e. The quantitative estimate of drug-likeness (QED) is 0.159. The number of carbonyl (C=O) groups excluding carboxylic acids is 1. The molecule has 1 unspecified atom stereocenters. The molecule has 0 bridgehead atoms. The van der Waals surface area contributed by atoms with Gasteiger partial charge in [-0.25, -0.2) is 4.98 Å². The molecule has 8 heteroatoms. The van der Waals surface area contributed by atoms with Crippen LogP contribution in [-0.4, -0.2) is 27.2 Å². The molecule has 0 spiro atoms. The molecule has 4 aromatic rings. The zero-order chi connectivity index (χ0) is 23.8. The van der Waals surface area contributed by atoms with Crippen LogP contribution in [-0.2, 0) is 17.8 Å². The number of thiophene rings is 1. The lowest BCUT2D eigenvalue weighted by atomic mass is 9.96. The molecule has 34 heavy (non-hydrogen) atoms. The van der Waals surface area contributed by atoms with Crippen molar-refractivity contribution in [1.29, 1.82) is 0 Å². The maximum Gasteiger partial charge on any atom is 0.267 e. The van der Waals surface area contributed by atoms with Crippen molar-refractivity contribution in [2.75, 3.05) is 5.75 Å². The summed E-state index contributed by atoms with van der Waals surface area (Å²) in [5.41, 5.74) is 2.35. The fourth-order valence-corrected chi connectivity index (χ4v) is 6.42. The normalized spacial score (nSPS) is 15.6. The Morgan fingerprint density at radius 3 is 2.65 bits per heavy atom. The summed E-state index contributed by atoms with van der Waals surface area (Å²) in [6, 6.07) is 16.8. The Hall–Kier alpha value is -2.26. The second kappa shape index (κ2) is 9.77. The number of rotatable bonds is 6. The van der Waals surface area contributed by atoms with E-state index in [0.29, 0.717) is 39.9 Å². The van der Waals surface area contributed by atoms with Crippen molar-refractivity contribution in [2.24, 2.45) is 5.92 Å². The highest BCUT2D eigenvalue weighted by atomic mass is 79.9. The summed E-state index contributed by atoms with van der Waals surface area (Å²) in [6.45, 7) is 4.79. The van der Waals surface area contributed by atoms with Crippen molar-refractivity contribution in [3.8, 4) is 5.69 Å². The van der Waals surface area contributed by atoms with Crippen molar-refractivity contribution in [3.05, 3.63) is 85.4 Å². The van der Waals surface area contributed by atoms with Gasteiger partial charge in [-0.3, -0.25) is 14.2 Å². The van der Waals surface area contributed by atoms with Gasteiger partial charge in [0.05, 0.1) is 29.5 Å². The van der Waals surface area contributed by atoms with Gasteiger partial charge in [-0.2, -0.15) is 0 Å². The van der Waals surface area contributed by atoms with Gasteiger partial charge >= 0.3 is 0 Å². The van der Waals surface area contributed by atoms with Gasteiger partial charge in [0.1, 0.15) is 4.83 Å². The van der Waals surface area contributed by atoms with Crippen molar-refractivity contribution in [1.82, 2.24) is 9.55 Å². The van der Waals surface area contributed by atoms with Gasteiger partial charge in [0, 0.05) is 21.3 Å². The number of aromatic nitrogens is 2. The number of carbonyl (C=O) groups is 1. The molecule has 0 saturated carbocycles. The van der Waals surface area contributed by atoms with Crippen LogP contribution in [0.1, 0.15) is 34.6 Å². The van der Waals surface area contributed by atoms with Crippen LogP contribution in [0.3, 0.4) is 0 Å².